The van der Waals surface area contributed by atoms with Crippen LogP contribution in [0.1, 0.15) is 29.7 Å². The van der Waals surface area contributed by atoms with Gasteiger partial charge in [-0.3, -0.25) is 0 Å². The third kappa shape index (κ3) is 64.0. The molecule has 0 aliphatic heterocycles. The van der Waals surface area contributed by atoms with Gasteiger partial charge in [0.2, 0.25) is 0 Å². The normalized spacial score (nSPS) is 0. The molecule has 2 radical (unpaired) electrons. The van der Waals surface area contributed by atoms with Crippen LogP contribution >= 0.6 is 0 Å². The van der Waals surface area contributed by atoms with Gasteiger partial charge in [-0.05, 0) is 0 Å². The minimum atomic E-state index is 0. The Hall–Kier alpha value is 1.19. The fourth-order valence-corrected chi connectivity index (χ4v) is 0. The van der Waals surface area contributed by atoms with Crippen LogP contribution in [-0.2, 0) is 0 Å². The Morgan fingerprint density at radius 2 is 0.333 bits per heavy atom. The molecule has 0 aliphatic carbocycles. The van der Waals surface area contributed by atoms with Crippen LogP contribution in [0.4, 0.5) is 0 Å². The van der Waals surface area contributed by atoms with E-state index in [4.69, 9.17) is 0 Å². The summed E-state index contributed by atoms with van der Waals surface area (Å²) in [6.45, 7) is 0. The fraction of sp³-hybridized carbons (Fsp3) is 1.00. The molecular weight excluding hydrogens is 61.9 g/mol. The molecule has 0 atom stereocenters. The van der Waals surface area contributed by atoms with E-state index in [0.717, 1.165) is 0 Å². The minimum absolute atomic E-state index is 0. The molecular formula is C4H16Li2. The van der Waals surface area contributed by atoms with Gasteiger partial charge in [-0.1, -0.05) is 29.7 Å². The van der Waals surface area contributed by atoms with Crippen molar-refractivity contribution in [2.45, 2.75) is 29.7 Å². The molecule has 0 amide bonds. The summed E-state index contributed by atoms with van der Waals surface area (Å²) in [6, 6.07) is 0. The maximum Gasteiger partial charge on any atom is 0 e. The summed E-state index contributed by atoms with van der Waals surface area (Å²) in [5.74, 6) is 0. The zero-order chi connectivity index (χ0) is 0. The van der Waals surface area contributed by atoms with Crippen molar-refractivity contribution in [1.29, 1.82) is 0 Å². The van der Waals surface area contributed by atoms with Crippen LogP contribution in [0.25, 0.3) is 0 Å². The molecule has 0 bridgehead atoms. The average Bonchev–Trinajstić information content (AvgIpc) is 0. The first-order chi connectivity index (χ1) is 0. The van der Waals surface area contributed by atoms with E-state index in [2.05, 4.69) is 0 Å². The van der Waals surface area contributed by atoms with Crippen LogP contribution in [0.2, 0.25) is 0 Å². The van der Waals surface area contributed by atoms with Crippen molar-refractivity contribution in [1.82, 2.24) is 0 Å². The van der Waals surface area contributed by atoms with Gasteiger partial charge in [-0.15, -0.1) is 0 Å². The van der Waals surface area contributed by atoms with Crippen LogP contribution < -0.4 is 0 Å². The zero-order valence-corrected chi connectivity index (χ0v) is 2.00. The molecule has 0 unspecified atom stereocenters. The summed E-state index contributed by atoms with van der Waals surface area (Å²) in [6.07, 6.45) is 0. The number of hydrogen-bond donors (Lipinski definition) is 0. The molecule has 6 heavy (non-hydrogen) atoms. The van der Waals surface area contributed by atoms with Crippen molar-refractivity contribution in [3.05, 3.63) is 0 Å². The molecule has 0 N–H and O–H groups in total. The maximum absolute atomic E-state index is 0. The quantitative estimate of drug-likeness (QED) is 0.387. The standard InChI is InChI=1S/4CH4.2Li/h4*1H4;;. The predicted octanol–water partition coefficient (Wildman–Crippen LogP) is 1.78. The number of hydrogen-bond acceptors (Lipinski definition) is 0. The second kappa shape index (κ2) is 117. The van der Waals surface area contributed by atoms with E-state index in [9.17, 15) is 0 Å². The Kier molecular flexibility index (Phi) is 3770. The fourth-order valence-electron chi connectivity index (χ4n) is 0. The van der Waals surface area contributed by atoms with E-state index in [1.807, 2.05) is 0 Å². The van der Waals surface area contributed by atoms with Crippen LogP contribution in [-0.4, -0.2) is 37.7 Å². The summed E-state index contributed by atoms with van der Waals surface area (Å²) in [5, 5.41) is 0. The molecule has 0 heterocycles. The SMILES string of the molecule is C.C.C.C.[Li].[Li]. The van der Waals surface area contributed by atoms with E-state index in [-0.39, 0.29) is 67.4 Å². The third-order valence-corrected chi connectivity index (χ3v) is 0. The Morgan fingerprint density at radius 3 is 0.333 bits per heavy atom. The van der Waals surface area contributed by atoms with Crippen molar-refractivity contribution < 1.29 is 0 Å². The zero-order valence-electron chi connectivity index (χ0n) is 2.00. The van der Waals surface area contributed by atoms with Gasteiger partial charge in [-0.25, -0.2) is 0 Å². The predicted molar refractivity (Wildman–Crippen MR) is 38.4 cm³/mol. The summed E-state index contributed by atoms with van der Waals surface area (Å²) in [7, 11) is 0. The molecule has 0 fully saturated rings. The van der Waals surface area contributed by atoms with Crippen LogP contribution in [0.3, 0.4) is 0 Å². The van der Waals surface area contributed by atoms with E-state index >= 15 is 0 Å². The molecule has 0 aromatic heterocycles. The Labute approximate surface area is 67.4 Å². The first-order valence-corrected chi connectivity index (χ1v) is 0. The molecule has 34 valence electrons. The molecule has 0 nitrogen and oxygen atoms in total. The third-order valence-electron chi connectivity index (χ3n) is 0. The Morgan fingerprint density at radius 1 is 0.333 bits per heavy atom. The van der Waals surface area contributed by atoms with Crippen LogP contribution in [0.15, 0.2) is 0 Å². The molecule has 0 rings (SSSR count). The minimum Gasteiger partial charge on any atom is -0.0776 e. The smallest absolute Gasteiger partial charge is 0 e. The van der Waals surface area contributed by atoms with Gasteiger partial charge in [0.1, 0.15) is 0 Å². The summed E-state index contributed by atoms with van der Waals surface area (Å²) < 4.78 is 0. The summed E-state index contributed by atoms with van der Waals surface area (Å²) in [4.78, 5) is 0. The average molecular weight is 78.1 g/mol. The van der Waals surface area contributed by atoms with E-state index < -0.39 is 0 Å². The van der Waals surface area contributed by atoms with Gasteiger partial charge in [0, 0.05) is 37.7 Å². The van der Waals surface area contributed by atoms with Crippen LogP contribution in [0, 0.1) is 0 Å². The van der Waals surface area contributed by atoms with Crippen molar-refractivity contribution in [2.24, 2.45) is 0 Å². The largest absolute Gasteiger partial charge is 0.0776 e. The van der Waals surface area contributed by atoms with E-state index in [1.165, 1.54) is 0 Å². The molecule has 0 saturated carbocycles. The Balaban J connectivity index is 0. The molecule has 0 spiro atoms. The molecule has 0 aliphatic rings. The topological polar surface area (TPSA) is 0 Å². The summed E-state index contributed by atoms with van der Waals surface area (Å²) in [5.41, 5.74) is 0. The monoisotopic (exact) mass is 78.2 g/mol. The second-order valence-electron chi connectivity index (χ2n) is 0. The summed E-state index contributed by atoms with van der Waals surface area (Å²) >= 11 is 0. The van der Waals surface area contributed by atoms with Crippen molar-refractivity contribution in [2.75, 3.05) is 0 Å². The van der Waals surface area contributed by atoms with Gasteiger partial charge in [0.05, 0.1) is 0 Å². The van der Waals surface area contributed by atoms with E-state index in [0.29, 0.717) is 0 Å². The van der Waals surface area contributed by atoms with Gasteiger partial charge < -0.3 is 0 Å². The first-order valence-electron chi connectivity index (χ1n) is 0. The van der Waals surface area contributed by atoms with E-state index in [1.54, 1.807) is 0 Å². The van der Waals surface area contributed by atoms with Gasteiger partial charge in [0.25, 0.3) is 0 Å². The van der Waals surface area contributed by atoms with Gasteiger partial charge >= 0.3 is 0 Å². The van der Waals surface area contributed by atoms with Crippen LogP contribution in [0.5, 0.6) is 0 Å². The maximum atomic E-state index is 0. The molecule has 0 aromatic carbocycles. The van der Waals surface area contributed by atoms with Crippen molar-refractivity contribution >= 4 is 37.7 Å². The van der Waals surface area contributed by atoms with Gasteiger partial charge in [-0.2, -0.15) is 0 Å². The molecule has 2 heteroatoms. The molecule has 0 saturated heterocycles. The van der Waals surface area contributed by atoms with Gasteiger partial charge in [0.15, 0.2) is 0 Å². The van der Waals surface area contributed by atoms with Crippen molar-refractivity contribution in [3.8, 4) is 0 Å². The number of rotatable bonds is 0. The second-order valence-corrected chi connectivity index (χ2v) is 0. The van der Waals surface area contributed by atoms with Crippen molar-refractivity contribution in [3.63, 3.8) is 0 Å². The first kappa shape index (κ1) is 193. The molecule has 0 aromatic rings. The Bertz CT molecular complexity index is 5.51.